The largest absolute Gasteiger partial charge is 0.479 e. The summed E-state index contributed by atoms with van der Waals surface area (Å²) in [6.45, 7) is 2.05. The van der Waals surface area contributed by atoms with Crippen LogP contribution in [0.3, 0.4) is 0 Å². The predicted octanol–water partition coefficient (Wildman–Crippen LogP) is 2.27. The first-order valence-electron chi connectivity index (χ1n) is 7.94. The van der Waals surface area contributed by atoms with Crippen LogP contribution in [0.4, 0.5) is 4.79 Å². The molecular formula is C17H24N2O4. The number of amides is 2. The fourth-order valence-electron chi connectivity index (χ4n) is 2.86. The molecule has 0 radical (unpaired) electrons. The smallest absolute Gasteiger partial charge is 0.330 e. The number of ether oxygens (including phenoxy) is 1. The second-order valence-corrected chi connectivity index (χ2v) is 5.84. The van der Waals surface area contributed by atoms with E-state index in [4.69, 9.17) is 4.74 Å². The van der Waals surface area contributed by atoms with Gasteiger partial charge in [-0.05, 0) is 30.7 Å². The third-order valence-electron chi connectivity index (χ3n) is 4.28. The van der Waals surface area contributed by atoms with Crippen LogP contribution in [-0.4, -0.2) is 48.8 Å². The molecule has 0 aliphatic carbocycles. The Morgan fingerprint density at radius 1 is 1.30 bits per heavy atom. The topological polar surface area (TPSA) is 78.9 Å². The zero-order chi connectivity index (χ0) is 16.7. The molecule has 1 atom stereocenters. The Morgan fingerprint density at radius 2 is 1.96 bits per heavy atom. The van der Waals surface area contributed by atoms with E-state index in [9.17, 15) is 14.7 Å². The van der Waals surface area contributed by atoms with E-state index in [2.05, 4.69) is 5.32 Å². The molecule has 0 aromatic heterocycles. The number of hydrogen-bond donors (Lipinski definition) is 2. The molecule has 1 fully saturated rings. The minimum absolute atomic E-state index is 0.313. The molecule has 1 saturated heterocycles. The number of carboxylic acids is 1. The quantitative estimate of drug-likeness (QED) is 0.843. The van der Waals surface area contributed by atoms with Gasteiger partial charge < -0.3 is 20.1 Å². The molecule has 23 heavy (non-hydrogen) atoms. The van der Waals surface area contributed by atoms with Gasteiger partial charge in [0.1, 0.15) is 0 Å². The molecule has 126 valence electrons. The summed E-state index contributed by atoms with van der Waals surface area (Å²) in [5, 5.41) is 12.0. The molecule has 0 spiro atoms. The number of likely N-dealkylation sites (tertiary alicyclic amines) is 1. The highest BCUT2D eigenvalue weighted by Gasteiger charge is 2.27. The number of carboxylic acid groups (broad SMARTS) is 1. The van der Waals surface area contributed by atoms with Crippen molar-refractivity contribution in [2.45, 2.75) is 25.3 Å². The van der Waals surface area contributed by atoms with Crippen LogP contribution >= 0.6 is 0 Å². The zero-order valence-corrected chi connectivity index (χ0v) is 13.4. The number of aliphatic carboxylic acids is 1. The van der Waals surface area contributed by atoms with E-state index >= 15 is 0 Å². The van der Waals surface area contributed by atoms with Crippen LogP contribution in [0.25, 0.3) is 0 Å². The van der Waals surface area contributed by atoms with Gasteiger partial charge in [-0.25, -0.2) is 9.59 Å². The molecule has 1 aliphatic heterocycles. The van der Waals surface area contributed by atoms with Gasteiger partial charge in [-0.2, -0.15) is 0 Å². The highest BCUT2D eigenvalue weighted by atomic mass is 16.5. The number of hydrogen-bond acceptors (Lipinski definition) is 3. The Labute approximate surface area is 136 Å². The minimum Gasteiger partial charge on any atom is -0.479 e. The zero-order valence-electron chi connectivity index (χ0n) is 13.4. The van der Waals surface area contributed by atoms with Crippen molar-refractivity contribution >= 4 is 12.0 Å². The van der Waals surface area contributed by atoms with Crippen molar-refractivity contribution in [3.63, 3.8) is 0 Å². The monoisotopic (exact) mass is 320 g/mol. The molecular weight excluding hydrogens is 296 g/mol. The average Bonchev–Trinajstić information content (AvgIpc) is 2.58. The first kappa shape index (κ1) is 17.3. The maximum Gasteiger partial charge on any atom is 0.330 e. The second-order valence-electron chi connectivity index (χ2n) is 5.84. The number of nitrogens with one attached hydrogen (secondary N) is 1. The molecule has 1 aromatic carbocycles. The van der Waals surface area contributed by atoms with Crippen LogP contribution in [0.1, 0.15) is 30.9 Å². The Bertz CT molecular complexity index is 513. The fourth-order valence-corrected chi connectivity index (χ4v) is 2.86. The molecule has 2 rings (SSSR count). The molecule has 2 N–H and O–H groups in total. The summed E-state index contributed by atoms with van der Waals surface area (Å²) in [6.07, 6.45) is 2.87. The number of piperidine rings is 1. The number of methoxy groups -OCH3 is 1. The third-order valence-corrected chi connectivity index (χ3v) is 4.28. The lowest BCUT2D eigenvalue weighted by Gasteiger charge is -2.32. The van der Waals surface area contributed by atoms with Crippen molar-refractivity contribution < 1.29 is 19.4 Å². The molecule has 1 aliphatic rings. The Balaban J connectivity index is 1.89. The lowest BCUT2D eigenvalue weighted by molar-refractivity contribution is -0.139. The number of rotatable bonds is 6. The summed E-state index contributed by atoms with van der Waals surface area (Å²) in [5.74, 6) is -0.483. The molecule has 2 amide bonds. The van der Waals surface area contributed by atoms with Gasteiger partial charge in [0.2, 0.25) is 0 Å². The van der Waals surface area contributed by atoms with E-state index in [0.717, 1.165) is 25.9 Å². The molecule has 1 unspecified atom stereocenters. The molecule has 6 nitrogen and oxygen atoms in total. The van der Waals surface area contributed by atoms with E-state index in [-0.39, 0.29) is 6.03 Å². The highest BCUT2D eigenvalue weighted by molar-refractivity contribution is 5.83. The molecule has 6 heteroatoms. The van der Waals surface area contributed by atoms with Crippen LogP contribution in [0.5, 0.6) is 0 Å². The van der Waals surface area contributed by atoms with E-state index in [1.54, 1.807) is 36.3 Å². The Morgan fingerprint density at radius 3 is 2.52 bits per heavy atom. The first-order valence-corrected chi connectivity index (χ1v) is 7.94. The maximum absolute atomic E-state index is 12.3. The lowest BCUT2D eigenvalue weighted by Crippen LogP contribution is -2.47. The van der Waals surface area contributed by atoms with Crippen molar-refractivity contribution in [2.24, 2.45) is 5.92 Å². The number of carbonyl (C=O) groups excluding carboxylic acids is 1. The van der Waals surface area contributed by atoms with E-state index in [1.165, 1.54) is 0 Å². The van der Waals surface area contributed by atoms with Crippen LogP contribution in [0.2, 0.25) is 0 Å². The Kier molecular flexibility index (Phi) is 6.40. The second kappa shape index (κ2) is 8.53. The first-order chi connectivity index (χ1) is 11.1. The van der Waals surface area contributed by atoms with Gasteiger partial charge in [-0.15, -0.1) is 0 Å². The van der Waals surface area contributed by atoms with Crippen LogP contribution in [0, 0.1) is 5.92 Å². The summed E-state index contributed by atoms with van der Waals surface area (Å²) in [7, 11) is 1.69. The van der Waals surface area contributed by atoms with Gasteiger partial charge in [0, 0.05) is 26.8 Å². The summed E-state index contributed by atoms with van der Waals surface area (Å²) < 4.78 is 5.09. The lowest BCUT2D eigenvalue weighted by atomic mass is 9.94. The maximum atomic E-state index is 12.3. The standard InChI is InChI=1S/C17H24N2O4/c1-23-12-9-13-7-10-19(11-8-13)17(22)18-15(16(20)21)14-5-3-2-4-6-14/h2-6,13,15H,7-12H2,1H3,(H,18,22)(H,20,21). The average molecular weight is 320 g/mol. The van der Waals surface area contributed by atoms with Gasteiger partial charge in [-0.1, -0.05) is 30.3 Å². The summed E-state index contributed by atoms with van der Waals surface area (Å²) in [4.78, 5) is 25.5. The minimum atomic E-state index is -1.06. The SMILES string of the molecule is COCCC1CCN(C(=O)NC(C(=O)O)c2ccccc2)CC1. The van der Waals surface area contributed by atoms with Gasteiger partial charge in [0.25, 0.3) is 0 Å². The van der Waals surface area contributed by atoms with Crippen LogP contribution < -0.4 is 5.32 Å². The molecule has 0 saturated carbocycles. The number of carbonyl (C=O) groups is 2. The molecule has 1 aromatic rings. The van der Waals surface area contributed by atoms with E-state index < -0.39 is 12.0 Å². The van der Waals surface area contributed by atoms with Gasteiger partial charge in [0.15, 0.2) is 6.04 Å². The number of urea groups is 1. The number of nitrogens with zero attached hydrogens (tertiary/aromatic N) is 1. The molecule has 0 bridgehead atoms. The normalized spacial score (nSPS) is 16.8. The van der Waals surface area contributed by atoms with Crippen LogP contribution in [-0.2, 0) is 9.53 Å². The van der Waals surface area contributed by atoms with E-state index in [1.807, 2.05) is 6.07 Å². The van der Waals surface area contributed by atoms with Gasteiger partial charge in [-0.3, -0.25) is 0 Å². The fraction of sp³-hybridized carbons (Fsp3) is 0.529. The molecule has 1 heterocycles. The third kappa shape index (κ3) is 4.96. The van der Waals surface area contributed by atoms with Crippen molar-refractivity contribution in [1.29, 1.82) is 0 Å². The van der Waals surface area contributed by atoms with Crippen molar-refractivity contribution in [1.82, 2.24) is 10.2 Å². The predicted molar refractivity (Wildman–Crippen MR) is 86.1 cm³/mol. The summed E-state index contributed by atoms with van der Waals surface area (Å²) >= 11 is 0. The van der Waals surface area contributed by atoms with Crippen molar-refractivity contribution in [2.75, 3.05) is 26.8 Å². The van der Waals surface area contributed by atoms with Gasteiger partial charge in [0.05, 0.1) is 0 Å². The number of benzene rings is 1. The summed E-state index contributed by atoms with van der Waals surface area (Å²) in [6, 6.07) is 7.42. The van der Waals surface area contributed by atoms with Crippen molar-refractivity contribution in [3.05, 3.63) is 35.9 Å². The van der Waals surface area contributed by atoms with E-state index in [0.29, 0.717) is 24.6 Å². The Hall–Kier alpha value is -2.08. The highest BCUT2D eigenvalue weighted by Crippen LogP contribution is 2.21. The summed E-state index contributed by atoms with van der Waals surface area (Å²) in [5.41, 5.74) is 0.573. The van der Waals surface area contributed by atoms with Crippen LogP contribution in [0.15, 0.2) is 30.3 Å². The van der Waals surface area contributed by atoms with Crippen molar-refractivity contribution in [3.8, 4) is 0 Å². The van der Waals surface area contributed by atoms with Gasteiger partial charge >= 0.3 is 12.0 Å².